The number of hydrogen-bond donors (Lipinski definition) is 2. The summed E-state index contributed by atoms with van der Waals surface area (Å²) in [7, 11) is 0. The van der Waals surface area contributed by atoms with E-state index >= 15 is 0 Å². The standard InChI is InChI=1S/C13H24N4OS/c1-5-8-14-13-17-16-12(19-13)11(18)15-10(4)7-6-9(2)3/h9-10H,5-8H2,1-4H3,(H,14,17)(H,15,18). The lowest BCUT2D eigenvalue weighted by atomic mass is 10.0. The maximum absolute atomic E-state index is 12.0. The number of nitrogens with zero attached hydrogens (tertiary/aromatic N) is 2. The molecule has 1 heterocycles. The van der Waals surface area contributed by atoms with E-state index in [2.05, 4.69) is 41.6 Å². The summed E-state index contributed by atoms with van der Waals surface area (Å²) in [5.74, 6) is 0.532. The SMILES string of the molecule is CCCNc1nnc(C(=O)NC(C)CCC(C)C)s1. The van der Waals surface area contributed by atoms with E-state index in [-0.39, 0.29) is 11.9 Å². The molecular weight excluding hydrogens is 260 g/mol. The van der Waals surface area contributed by atoms with E-state index in [4.69, 9.17) is 0 Å². The Hall–Kier alpha value is -1.17. The molecule has 0 fully saturated rings. The molecule has 19 heavy (non-hydrogen) atoms. The lowest BCUT2D eigenvalue weighted by Gasteiger charge is -2.13. The molecule has 0 bridgehead atoms. The molecule has 0 saturated carbocycles. The minimum atomic E-state index is -0.127. The van der Waals surface area contributed by atoms with Crippen molar-refractivity contribution in [2.45, 2.75) is 53.0 Å². The highest BCUT2D eigenvalue weighted by molar-refractivity contribution is 7.17. The maximum atomic E-state index is 12.0. The van der Waals surface area contributed by atoms with Crippen molar-refractivity contribution in [1.29, 1.82) is 0 Å². The second kappa shape index (κ2) is 8.09. The van der Waals surface area contributed by atoms with Gasteiger partial charge in [-0.25, -0.2) is 0 Å². The van der Waals surface area contributed by atoms with Crippen molar-refractivity contribution in [2.75, 3.05) is 11.9 Å². The molecular formula is C13H24N4OS. The second-order valence-electron chi connectivity index (χ2n) is 5.18. The van der Waals surface area contributed by atoms with E-state index in [1.54, 1.807) is 0 Å². The first-order chi connectivity index (χ1) is 9.02. The van der Waals surface area contributed by atoms with Crippen LogP contribution in [0.25, 0.3) is 0 Å². The van der Waals surface area contributed by atoms with E-state index < -0.39 is 0 Å². The summed E-state index contributed by atoms with van der Waals surface area (Å²) in [6, 6.07) is 0.172. The number of nitrogens with one attached hydrogen (secondary N) is 2. The highest BCUT2D eigenvalue weighted by atomic mass is 32.1. The zero-order valence-corrected chi connectivity index (χ0v) is 13.0. The van der Waals surface area contributed by atoms with Crippen molar-refractivity contribution in [3.63, 3.8) is 0 Å². The van der Waals surface area contributed by atoms with Crippen LogP contribution in [-0.2, 0) is 0 Å². The Kier molecular flexibility index (Phi) is 6.77. The number of carbonyl (C=O) groups is 1. The van der Waals surface area contributed by atoms with Gasteiger partial charge < -0.3 is 10.6 Å². The minimum absolute atomic E-state index is 0.127. The van der Waals surface area contributed by atoms with Gasteiger partial charge in [0.1, 0.15) is 0 Å². The van der Waals surface area contributed by atoms with Crippen LogP contribution in [0, 0.1) is 5.92 Å². The summed E-state index contributed by atoms with van der Waals surface area (Å²) in [5.41, 5.74) is 0. The Bertz CT molecular complexity index is 392. The molecule has 1 aromatic heterocycles. The topological polar surface area (TPSA) is 66.9 Å². The highest BCUT2D eigenvalue weighted by Gasteiger charge is 2.15. The van der Waals surface area contributed by atoms with Gasteiger partial charge in [0.2, 0.25) is 10.1 Å². The molecule has 5 nitrogen and oxygen atoms in total. The number of hydrogen-bond acceptors (Lipinski definition) is 5. The van der Waals surface area contributed by atoms with Gasteiger partial charge in [0.05, 0.1) is 0 Å². The Labute approximate surface area is 119 Å². The predicted octanol–water partition coefficient (Wildman–Crippen LogP) is 2.91. The normalized spacial score (nSPS) is 12.5. The van der Waals surface area contributed by atoms with Crippen molar-refractivity contribution in [1.82, 2.24) is 15.5 Å². The molecule has 0 spiro atoms. The third-order valence-corrected chi connectivity index (χ3v) is 3.58. The molecule has 1 atom stereocenters. The fraction of sp³-hybridized carbons (Fsp3) is 0.769. The van der Waals surface area contributed by atoms with Gasteiger partial charge in [-0.1, -0.05) is 32.1 Å². The van der Waals surface area contributed by atoms with Gasteiger partial charge in [0, 0.05) is 12.6 Å². The lowest BCUT2D eigenvalue weighted by Crippen LogP contribution is -2.32. The Morgan fingerprint density at radius 3 is 2.63 bits per heavy atom. The van der Waals surface area contributed by atoms with Gasteiger partial charge >= 0.3 is 0 Å². The van der Waals surface area contributed by atoms with Crippen LogP contribution < -0.4 is 10.6 Å². The van der Waals surface area contributed by atoms with Gasteiger partial charge in [-0.3, -0.25) is 4.79 Å². The summed E-state index contributed by atoms with van der Waals surface area (Å²) >= 11 is 1.30. The molecule has 1 aromatic rings. The number of anilines is 1. The maximum Gasteiger partial charge on any atom is 0.282 e. The first-order valence-corrected chi connectivity index (χ1v) is 7.72. The Balaban J connectivity index is 2.42. The second-order valence-corrected chi connectivity index (χ2v) is 6.16. The monoisotopic (exact) mass is 284 g/mol. The minimum Gasteiger partial charge on any atom is -0.360 e. The van der Waals surface area contributed by atoms with E-state index in [9.17, 15) is 4.79 Å². The zero-order chi connectivity index (χ0) is 14.3. The molecule has 2 N–H and O–H groups in total. The van der Waals surface area contributed by atoms with Crippen molar-refractivity contribution >= 4 is 22.4 Å². The first kappa shape index (κ1) is 15.9. The Morgan fingerprint density at radius 2 is 2.00 bits per heavy atom. The molecule has 1 unspecified atom stereocenters. The van der Waals surface area contributed by atoms with Crippen molar-refractivity contribution in [3.05, 3.63) is 5.01 Å². The number of carbonyl (C=O) groups excluding carboxylic acids is 1. The van der Waals surface area contributed by atoms with Crippen molar-refractivity contribution < 1.29 is 4.79 Å². The fourth-order valence-corrected chi connectivity index (χ4v) is 2.23. The molecule has 0 aliphatic carbocycles. The predicted molar refractivity (Wildman–Crippen MR) is 79.7 cm³/mol. The van der Waals surface area contributed by atoms with Crippen LogP contribution in [0.15, 0.2) is 0 Å². The third kappa shape index (κ3) is 6.00. The average Bonchev–Trinajstić information content (AvgIpc) is 2.82. The molecule has 6 heteroatoms. The first-order valence-electron chi connectivity index (χ1n) is 6.91. The lowest BCUT2D eigenvalue weighted by molar-refractivity contribution is 0.0936. The summed E-state index contributed by atoms with van der Waals surface area (Å²) in [5, 5.41) is 15.1. The number of rotatable bonds is 8. The van der Waals surface area contributed by atoms with Gasteiger partial charge in [0.25, 0.3) is 5.91 Å². The van der Waals surface area contributed by atoms with Crippen molar-refractivity contribution in [2.24, 2.45) is 5.92 Å². The summed E-state index contributed by atoms with van der Waals surface area (Å²) in [4.78, 5) is 12.0. The number of amides is 1. The van der Waals surface area contributed by atoms with Gasteiger partial charge in [0.15, 0.2) is 0 Å². The number of aromatic nitrogens is 2. The van der Waals surface area contributed by atoms with Crippen molar-refractivity contribution in [3.8, 4) is 0 Å². The van der Waals surface area contributed by atoms with Crippen LogP contribution in [-0.4, -0.2) is 28.7 Å². The van der Waals surface area contributed by atoms with Crippen LogP contribution in [0.1, 0.15) is 56.8 Å². The summed E-state index contributed by atoms with van der Waals surface area (Å²) < 4.78 is 0. The van der Waals surface area contributed by atoms with Crippen LogP contribution in [0.3, 0.4) is 0 Å². The van der Waals surface area contributed by atoms with Gasteiger partial charge in [-0.2, -0.15) is 0 Å². The molecule has 108 valence electrons. The largest absolute Gasteiger partial charge is 0.360 e. The molecule has 0 aromatic carbocycles. The third-order valence-electron chi connectivity index (χ3n) is 2.70. The molecule has 0 aliphatic rings. The van der Waals surface area contributed by atoms with E-state index in [1.807, 2.05) is 6.92 Å². The summed E-state index contributed by atoms with van der Waals surface area (Å²) in [6.45, 7) is 9.33. The van der Waals surface area contributed by atoms with Gasteiger partial charge in [-0.05, 0) is 32.1 Å². The molecule has 1 amide bonds. The quantitative estimate of drug-likeness (QED) is 0.770. The molecule has 1 rings (SSSR count). The Morgan fingerprint density at radius 1 is 1.26 bits per heavy atom. The highest BCUT2D eigenvalue weighted by Crippen LogP contribution is 2.15. The zero-order valence-electron chi connectivity index (χ0n) is 12.2. The molecule has 0 aliphatic heterocycles. The van der Waals surface area contributed by atoms with Gasteiger partial charge in [-0.15, -0.1) is 10.2 Å². The molecule has 0 saturated heterocycles. The van der Waals surface area contributed by atoms with Crippen LogP contribution >= 0.6 is 11.3 Å². The smallest absolute Gasteiger partial charge is 0.282 e. The summed E-state index contributed by atoms with van der Waals surface area (Å²) in [6.07, 6.45) is 3.12. The fourth-order valence-electron chi connectivity index (χ4n) is 1.56. The molecule has 0 radical (unpaired) electrons. The van der Waals surface area contributed by atoms with E-state index in [0.717, 1.165) is 25.8 Å². The van der Waals surface area contributed by atoms with Crippen LogP contribution in [0.2, 0.25) is 0 Å². The van der Waals surface area contributed by atoms with Crippen LogP contribution in [0.4, 0.5) is 5.13 Å². The van der Waals surface area contributed by atoms with E-state index in [1.165, 1.54) is 11.3 Å². The van der Waals surface area contributed by atoms with E-state index in [0.29, 0.717) is 16.1 Å². The van der Waals surface area contributed by atoms with Crippen LogP contribution in [0.5, 0.6) is 0 Å². The average molecular weight is 284 g/mol.